The van der Waals surface area contributed by atoms with Gasteiger partial charge in [0.25, 0.3) is 5.91 Å². The topological polar surface area (TPSA) is 77.1 Å². The van der Waals surface area contributed by atoms with Gasteiger partial charge in [-0.2, -0.15) is 0 Å². The van der Waals surface area contributed by atoms with Crippen LogP contribution in [-0.4, -0.2) is 10.5 Å². The van der Waals surface area contributed by atoms with E-state index in [2.05, 4.69) is 5.32 Å². The highest BCUT2D eigenvalue weighted by Gasteiger charge is 2.16. The van der Waals surface area contributed by atoms with E-state index in [1.165, 1.54) is 24.4 Å². The number of carbonyl (C=O) groups is 1. The van der Waals surface area contributed by atoms with Crippen LogP contribution < -0.4 is 16.5 Å². The van der Waals surface area contributed by atoms with Crippen LogP contribution in [0.15, 0.2) is 53.5 Å². The van der Waals surface area contributed by atoms with Gasteiger partial charge >= 0.3 is 0 Å². The maximum absolute atomic E-state index is 13.2. The first-order chi connectivity index (χ1) is 11.0. The molecule has 0 radical (unpaired) electrons. The Bertz CT molecular complexity index is 979. The van der Waals surface area contributed by atoms with Crippen molar-refractivity contribution in [1.29, 1.82) is 0 Å². The van der Waals surface area contributed by atoms with Gasteiger partial charge in [-0.05, 0) is 30.3 Å². The van der Waals surface area contributed by atoms with Gasteiger partial charge in [0.05, 0.1) is 10.9 Å². The van der Waals surface area contributed by atoms with Crippen LogP contribution in [0, 0.1) is 5.82 Å². The van der Waals surface area contributed by atoms with Gasteiger partial charge in [0.1, 0.15) is 11.4 Å². The fraction of sp³-hybridized carbons (Fsp3) is 0.0588. The zero-order chi connectivity index (χ0) is 16.6. The van der Waals surface area contributed by atoms with Gasteiger partial charge in [-0.3, -0.25) is 9.59 Å². The number of fused-ring (bicyclic) bond motifs is 1. The van der Waals surface area contributed by atoms with E-state index in [-0.39, 0.29) is 11.3 Å². The van der Waals surface area contributed by atoms with Crippen molar-refractivity contribution in [3.63, 3.8) is 0 Å². The van der Waals surface area contributed by atoms with Gasteiger partial charge in [0, 0.05) is 24.6 Å². The molecule has 116 valence electrons. The molecule has 1 amide bonds. The minimum Gasteiger partial charge on any atom is -0.398 e. The van der Waals surface area contributed by atoms with E-state index >= 15 is 0 Å². The predicted octanol–water partition coefficient (Wildman–Crippen LogP) is 2.51. The molecular weight excluding hydrogens is 297 g/mol. The molecule has 0 aliphatic rings. The van der Waals surface area contributed by atoms with Crippen LogP contribution in [0.5, 0.6) is 0 Å². The number of hydrogen-bond acceptors (Lipinski definition) is 3. The monoisotopic (exact) mass is 311 g/mol. The maximum atomic E-state index is 13.2. The largest absolute Gasteiger partial charge is 0.398 e. The fourth-order valence-corrected chi connectivity index (χ4v) is 2.48. The number of benzene rings is 2. The van der Waals surface area contributed by atoms with Gasteiger partial charge in [0.2, 0.25) is 5.43 Å². The second-order valence-corrected chi connectivity index (χ2v) is 5.19. The minimum atomic E-state index is -0.610. The van der Waals surface area contributed by atoms with E-state index in [0.717, 1.165) is 0 Å². The molecule has 0 saturated heterocycles. The number of anilines is 2. The Morgan fingerprint density at radius 2 is 1.96 bits per heavy atom. The highest BCUT2D eigenvalue weighted by atomic mass is 19.1. The van der Waals surface area contributed by atoms with Gasteiger partial charge in [-0.15, -0.1) is 0 Å². The zero-order valence-electron chi connectivity index (χ0n) is 12.3. The molecule has 0 spiro atoms. The van der Waals surface area contributed by atoms with Crippen molar-refractivity contribution in [2.45, 2.75) is 0 Å². The van der Waals surface area contributed by atoms with Crippen molar-refractivity contribution < 1.29 is 9.18 Å². The van der Waals surface area contributed by atoms with Crippen LogP contribution >= 0.6 is 0 Å². The molecule has 6 heteroatoms. The molecule has 23 heavy (non-hydrogen) atoms. The van der Waals surface area contributed by atoms with Crippen LogP contribution in [0.1, 0.15) is 10.4 Å². The summed E-state index contributed by atoms with van der Waals surface area (Å²) in [5.41, 5.74) is 6.59. The molecule has 5 nitrogen and oxygen atoms in total. The third-order valence-corrected chi connectivity index (χ3v) is 3.58. The highest BCUT2D eigenvalue weighted by molar-refractivity contribution is 6.06. The smallest absolute Gasteiger partial charge is 0.261 e. The van der Waals surface area contributed by atoms with Crippen LogP contribution in [0.3, 0.4) is 0 Å². The lowest BCUT2D eigenvalue weighted by molar-refractivity contribution is 0.102. The van der Waals surface area contributed by atoms with Crippen LogP contribution in [0.4, 0.5) is 15.8 Å². The molecule has 0 saturated carbocycles. The first kappa shape index (κ1) is 14.8. The summed E-state index contributed by atoms with van der Waals surface area (Å²) < 4.78 is 14.9. The van der Waals surface area contributed by atoms with Gasteiger partial charge in [0.15, 0.2) is 0 Å². The Morgan fingerprint density at radius 3 is 2.70 bits per heavy atom. The molecule has 0 unspecified atom stereocenters. The fourth-order valence-electron chi connectivity index (χ4n) is 2.48. The molecule has 0 aliphatic heterocycles. The number of nitrogens with one attached hydrogen (secondary N) is 1. The number of rotatable bonds is 2. The van der Waals surface area contributed by atoms with E-state index in [9.17, 15) is 14.0 Å². The zero-order valence-corrected chi connectivity index (χ0v) is 12.3. The van der Waals surface area contributed by atoms with E-state index < -0.39 is 17.2 Å². The van der Waals surface area contributed by atoms with Crippen molar-refractivity contribution in [2.24, 2.45) is 7.05 Å². The molecule has 0 atom stereocenters. The first-order valence-electron chi connectivity index (χ1n) is 6.92. The SMILES string of the molecule is Cn1cc(C(=O)Nc2cccc(F)c2)c(=O)c2c(N)cccc21. The molecule has 3 N–H and O–H groups in total. The van der Waals surface area contributed by atoms with Crippen LogP contribution in [0.25, 0.3) is 10.9 Å². The Morgan fingerprint density at radius 1 is 1.22 bits per heavy atom. The number of pyridine rings is 1. The molecule has 1 heterocycles. The number of halogens is 1. The summed E-state index contributed by atoms with van der Waals surface area (Å²) in [5.74, 6) is -1.08. The molecule has 2 aromatic carbocycles. The molecule has 1 aromatic heterocycles. The van der Waals surface area contributed by atoms with Crippen LogP contribution in [-0.2, 0) is 7.05 Å². The molecule has 3 aromatic rings. The van der Waals surface area contributed by atoms with Crippen molar-refractivity contribution in [2.75, 3.05) is 11.1 Å². The second kappa shape index (κ2) is 5.57. The summed E-state index contributed by atoms with van der Waals surface area (Å²) in [6, 6.07) is 10.6. The summed E-state index contributed by atoms with van der Waals surface area (Å²) in [4.78, 5) is 24.9. The molecule has 0 bridgehead atoms. The van der Waals surface area contributed by atoms with Crippen molar-refractivity contribution in [3.05, 3.63) is 70.3 Å². The summed E-state index contributed by atoms with van der Waals surface area (Å²) in [7, 11) is 1.72. The van der Waals surface area contributed by atoms with E-state index in [4.69, 9.17) is 5.73 Å². The number of nitrogen functional groups attached to an aromatic ring is 1. The molecule has 0 aliphatic carbocycles. The lowest BCUT2D eigenvalue weighted by Gasteiger charge is -2.11. The van der Waals surface area contributed by atoms with Gasteiger partial charge < -0.3 is 15.6 Å². The Balaban J connectivity index is 2.10. The maximum Gasteiger partial charge on any atom is 0.261 e. The predicted molar refractivity (Wildman–Crippen MR) is 88.0 cm³/mol. The summed E-state index contributed by atoms with van der Waals surface area (Å²) in [6.07, 6.45) is 1.44. The quantitative estimate of drug-likeness (QED) is 0.714. The molecular formula is C17H14FN3O2. The van der Waals surface area contributed by atoms with E-state index in [1.807, 2.05) is 0 Å². The summed E-state index contributed by atoms with van der Waals surface area (Å²) in [6.45, 7) is 0. The number of carbonyl (C=O) groups excluding carboxylic acids is 1. The normalized spacial score (nSPS) is 10.7. The number of aromatic nitrogens is 1. The van der Waals surface area contributed by atoms with Crippen molar-refractivity contribution >= 4 is 28.2 Å². The number of nitrogens with zero attached hydrogens (tertiary/aromatic N) is 1. The average Bonchev–Trinajstić information content (AvgIpc) is 2.50. The van der Waals surface area contributed by atoms with Gasteiger partial charge in [-0.1, -0.05) is 12.1 Å². The Kier molecular flexibility index (Phi) is 3.57. The lowest BCUT2D eigenvalue weighted by Crippen LogP contribution is -2.24. The third-order valence-electron chi connectivity index (χ3n) is 3.58. The van der Waals surface area contributed by atoms with E-state index in [0.29, 0.717) is 16.6 Å². The second-order valence-electron chi connectivity index (χ2n) is 5.19. The van der Waals surface area contributed by atoms with E-state index in [1.54, 1.807) is 35.9 Å². The average molecular weight is 311 g/mol. The Hall–Kier alpha value is -3.15. The van der Waals surface area contributed by atoms with Crippen molar-refractivity contribution in [1.82, 2.24) is 4.57 Å². The number of hydrogen-bond donors (Lipinski definition) is 2. The number of nitrogens with two attached hydrogens (primary N) is 1. The minimum absolute atomic E-state index is 0.0536. The van der Waals surface area contributed by atoms with Crippen LogP contribution in [0.2, 0.25) is 0 Å². The standard InChI is InChI=1S/C17H14FN3O2/c1-21-9-12(16(22)15-13(19)6-3-7-14(15)21)17(23)20-11-5-2-4-10(18)8-11/h2-9H,19H2,1H3,(H,20,23). The lowest BCUT2D eigenvalue weighted by atomic mass is 10.1. The summed E-state index contributed by atoms with van der Waals surface area (Å²) in [5, 5.41) is 2.81. The first-order valence-corrected chi connectivity index (χ1v) is 6.92. The molecule has 3 rings (SSSR count). The number of amides is 1. The highest BCUT2D eigenvalue weighted by Crippen LogP contribution is 2.18. The van der Waals surface area contributed by atoms with Crippen molar-refractivity contribution in [3.8, 4) is 0 Å². The summed E-state index contributed by atoms with van der Waals surface area (Å²) >= 11 is 0. The number of aryl methyl sites for hydroxylation is 1. The third kappa shape index (κ3) is 2.66. The Labute approximate surface area is 131 Å². The van der Waals surface area contributed by atoms with Gasteiger partial charge in [-0.25, -0.2) is 4.39 Å². The molecule has 0 fully saturated rings.